The molecule has 6 aliphatic heterocycles. The highest BCUT2D eigenvalue weighted by molar-refractivity contribution is 7.87. The lowest BCUT2D eigenvalue weighted by atomic mass is 9.82. The summed E-state index contributed by atoms with van der Waals surface area (Å²) in [6.45, 7) is 11.9. The Balaban J connectivity index is 0.849. The van der Waals surface area contributed by atoms with E-state index in [0.29, 0.717) is 34.4 Å². The van der Waals surface area contributed by atoms with Crippen LogP contribution in [-0.4, -0.2) is 90.6 Å². The predicted molar refractivity (Wildman–Crippen MR) is 281 cm³/mol. The van der Waals surface area contributed by atoms with Crippen LogP contribution in [0.25, 0.3) is 16.7 Å². The number of aromatic nitrogens is 4. The van der Waals surface area contributed by atoms with Crippen molar-refractivity contribution in [3.05, 3.63) is 132 Å². The highest BCUT2D eigenvalue weighted by Gasteiger charge is 2.40. The van der Waals surface area contributed by atoms with Gasteiger partial charge in [-0.3, -0.25) is 22.7 Å². The van der Waals surface area contributed by atoms with Gasteiger partial charge in [0.25, 0.3) is 25.8 Å². The summed E-state index contributed by atoms with van der Waals surface area (Å²) in [7, 11) is -9.76. The molecule has 8 heterocycles. The Morgan fingerprint density at radius 3 is 2.35 bits per heavy atom. The van der Waals surface area contributed by atoms with Crippen molar-refractivity contribution in [3.8, 4) is 11.5 Å². The average Bonchev–Trinajstić information content (AvgIpc) is 3.98. The molecule has 18 heteroatoms. The molecule has 0 aliphatic carbocycles. The summed E-state index contributed by atoms with van der Waals surface area (Å²) in [6.07, 6.45) is 17.2. The molecule has 1 saturated heterocycles. The molecule has 3 aromatic carbocycles. The van der Waals surface area contributed by atoms with Crippen LogP contribution in [0.3, 0.4) is 0 Å². The molecular weight excluding hydrogens is 981 g/mol. The summed E-state index contributed by atoms with van der Waals surface area (Å²) in [5, 5.41) is 13.1. The summed E-state index contributed by atoms with van der Waals surface area (Å²) in [4.78, 5) is 23.8. The van der Waals surface area contributed by atoms with Gasteiger partial charge in [0.05, 0.1) is 29.5 Å². The molecule has 2 aromatic heterocycles. The maximum absolute atomic E-state index is 14.1. The Morgan fingerprint density at radius 2 is 1.57 bits per heavy atom. The molecule has 6 aliphatic rings. The van der Waals surface area contributed by atoms with Gasteiger partial charge in [-0.05, 0) is 122 Å². The van der Waals surface area contributed by atoms with Gasteiger partial charge in [-0.25, -0.2) is 14.5 Å². The average molecular weight is 1050 g/mol. The number of anilines is 1. The molecule has 1 unspecified atom stereocenters. The zero-order valence-electron chi connectivity index (χ0n) is 42.6. The fraction of sp³-hybridized carbons (Fsp3) is 0.464. The van der Waals surface area contributed by atoms with Crippen LogP contribution in [0.15, 0.2) is 92.5 Å². The van der Waals surface area contributed by atoms with Crippen molar-refractivity contribution in [3.63, 3.8) is 0 Å². The van der Waals surface area contributed by atoms with E-state index in [4.69, 9.17) is 13.7 Å². The quantitative estimate of drug-likeness (QED) is 0.0475. The topological polar surface area (TPSA) is 195 Å². The number of allylic oxidation sites excluding steroid dienone is 6. The number of hydrogen-bond donors (Lipinski definition) is 2. The molecule has 74 heavy (non-hydrogen) atoms. The number of benzene rings is 3. The normalized spacial score (nSPS) is 20.5. The van der Waals surface area contributed by atoms with Crippen LogP contribution in [0.5, 0.6) is 11.5 Å². The lowest BCUT2D eigenvalue weighted by molar-refractivity contribution is -0.0371. The van der Waals surface area contributed by atoms with E-state index in [1.807, 2.05) is 13.0 Å². The lowest BCUT2D eigenvalue weighted by Crippen LogP contribution is -2.45. The Labute approximate surface area is 431 Å². The van der Waals surface area contributed by atoms with Gasteiger partial charge in [0.2, 0.25) is 5.36 Å². The first kappa shape index (κ1) is 50.4. The van der Waals surface area contributed by atoms with E-state index in [0.717, 1.165) is 137 Å². The summed E-state index contributed by atoms with van der Waals surface area (Å²) in [6, 6.07) is 7.90. The van der Waals surface area contributed by atoms with Crippen LogP contribution < -0.4 is 30.3 Å². The van der Waals surface area contributed by atoms with Gasteiger partial charge in [-0.1, -0.05) is 41.0 Å². The number of imidazole rings is 1. The molecule has 11 rings (SSSR count). The minimum atomic E-state index is -5.05. The van der Waals surface area contributed by atoms with Gasteiger partial charge in [-0.15, -0.1) is 0 Å². The SMILES string of the molecule is CC(C)=CCC/C(C)=C/CC/C(C)=C/Cn1cnc2c(ncn2[C@H]2CC(O)[C@@H](COS(=O)(=O)c3ccc(C4=c5cc6c7c(c5Oc5c4cc4c8c5CCCN8CCC4)CCC[N+]=7CCC6)c(S(=O)(=O)O)c3)O2)c1=O. The minimum absolute atomic E-state index is 0.0217. The maximum Gasteiger partial charge on any atom is 0.297 e. The van der Waals surface area contributed by atoms with Crippen LogP contribution >= 0.6 is 0 Å². The zero-order chi connectivity index (χ0) is 51.6. The van der Waals surface area contributed by atoms with Gasteiger partial charge >= 0.3 is 0 Å². The second-order valence-electron chi connectivity index (χ2n) is 21.1. The maximum atomic E-state index is 14.1. The van der Waals surface area contributed by atoms with Gasteiger partial charge < -0.3 is 19.5 Å². The van der Waals surface area contributed by atoms with Crippen LogP contribution in [0, 0.1) is 0 Å². The standard InChI is InChI=1S/C56H64N6O10S2/c1-34(2)11-5-12-35(3)13-6-14-36(4)21-26-61-32-58-55-50(56(61)64)57-33-62(55)48-30-45(63)46(71-48)31-70-74(68,69)39-19-20-40(47(29-39)73(65,66)67)49-43-27-37-15-7-22-59-24-9-17-41(51(37)59)53(43)72-54-42-18-10-25-60-23-8-16-38(52(42)60)28-44(49)54/h11,13,19-21,27-29,32-33,45-46,48,63H,5-10,12,14-18,22-26,30-31H2,1-4H3/p+1/b35-13+,36-21+/t45?,46-,48-/m1/s1. The summed E-state index contributed by atoms with van der Waals surface area (Å²) >= 11 is 0. The van der Waals surface area contributed by atoms with Gasteiger partial charge in [0.15, 0.2) is 11.2 Å². The molecule has 0 bridgehead atoms. The monoisotopic (exact) mass is 1050 g/mol. The largest absolute Gasteiger partial charge is 0.455 e. The first-order valence-electron chi connectivity index (χ1n) is 26.2. The first-order chi connectivity index (χ1) is 35.5. The number of aliphatic hydroxyl groups is 1. The molecule has 1 fully saturated rings. The molecule has 0 radical (unpaired) electrons. The zero-order valence-corrected chi connectivity index (χ0v) is 44.2. The Morgan fingerprint density at radius 1 is 0.838 bits per heavy atom. The van der Waals surface area contributed by atoms with Crippen LogP contribution in [-0.2, 0) is 61.4 Å². The van der Waals surface area contributed by atoms with Crippen LogP contribution in [0.1, 0.15) is 125 Å². The fourth-order valence-electron chi connectivity index (χ4n) is 12.0. The van der Waals surface area contributed by atoms with Crippen molar-refractivity contribution in [1.29, 1.82) is 0 Å². The van der Waals surface area contributed by atoms with Gasteiger partial charge in [0, 0.05) is 77.6 Å². The molecular formula is C56H65N6O10S2+. The fourth-order valence-corrected chi connectivity index (χ4v) is 13.8. The summed E-state index contributed by atoms with van der Waals surface area (Å²) < 4.78 is 90.6. The summed E-state index contributed by atoms with van der Waals surface area (Å²) in [5.74, 6) is 1.37. The van der Waals surface area contributed by atoms with Gasteiger partial charge in [0.1, 0.15) is 48.1 Å². The highest BCUT2D eigenvalue weighted by Crippen LogP contribution is 2.49. The molecule has 3 atom stereocenters. The molecule has 390 valence electrons. The number of hydrogen-bond acceptors (Lipinski definition) is 12. The van der Waals surface area contributed by atoms with Gasteiger partial charge in [-0.2, -0.15) is 16.8 Å². The molecule has 0 saturated carbocycles. The van der Waals surface area contributed by atoms with Crippen molar-refractivity contribution in [2.24, 2.45) is 0 Å². The van der Waals surface area contributed by atoms with Crippen molar-refractivity contribution >= 4 is 42.7 Å². The van der Waals surface area contributed by atoms with Crippen molar-refractivity contribution in [2.45, 2.75) is 146 Å². The number of aryl methyl sites for hydroxylation is 2. The molecule has 5 aromatic rings. The van der Waals surface area contributed by atoms with E-state index in [-0.39, 0.29) is 28.7 Å². The molecule has 0 amide bonds. The van der Waals surface area contributed by atoms with E-state index in [1.54, 1.807) is 0 Å². The van der Waals surface area contributed by atoms with E-state index in [1.165, 1.54) is 56.1 Å². The second kappa shape index (κ2) is 20.1. The van der Waals surface area contributed by atoms with Crippen LogP contribution in [0.4, 0.5) is 5.69 Å². The lowest BCUT2D eigenvalue weighted by Gasteiger charge is -2.39. The predicted octanol–water partition coefficient (Wildman–Crippen LogP) is 6.75. The van der Waals surface area contributed by atoms with E-state index in [2.05, 4.69) is 64.5 Å². The van der Waals surface area contributed by atoms with Crippen molar-refractivity contribution < 1.29 is 40.2 Å². The molecule has 16 nitrogen and oxygen atoms in total. The third-order valence-electron chi connectivity index (χ3n) is 15.7. The highest BCUT2D eigenvalue weighted by atomic mass is 32.2. The van der Waals surface area contributed by atoms with E-state index < -0.39 is 55.1 Å². The minimum Gasteiger partial charge on any atom is -0.455 e. The Kier molecular flexibility index (Phi) is 13.7. The third-order valence-corrected chi connectivity index (χ3v) is 17.9. The molecule has 2 N–H and O–H groups in total. The molecule has 0 spiro atoms. The number of aliphatic hydroxyl groups excluding tert-OH is 1. The number of nitrogens with zero attached hydrogens (tertiary/aromatic N) is 6. The second-order valence-corrected chi connectivity index (χ2v) is 24.1. The Bertz CT molecular complexity index is 3640. The van der Waals surface area contributed by atoms with E-state index in [9.17, 15) is 31.3 Å². The number of ether oxygens (including phenoxy) is 2. The van der Waals surface area contributed by atoms with Crippen molar-refractivity contribution in [1.82, 2.24) is 23.7 Å². The van der Waals surface area contributed by atoms with Crippen LogP contribution in [0.2, 0.25) is 0 Å². The number of rotatable bonds is 15. The number of fused-ring (bicyclic) bond motifs is 5. The van der Waals surface area contributed by atoms with E-state index >= 15 is 0 Å². The summed E-state index contributed by atoms with van der Waals surface area (Å²) in [5.41, 5.74) is 11.0. The Hall–Kier alpha value is -5.76. The smallest absolute Gasteiger partial charge is 0.297 e. The van der Waals surface area contributed by atoms with Crippen molar-refractivity contribution in [2.75, 3.05) is 37.7 Å². The third kappa shape index (κ3) is 9.50. The first-order valence-corrected chi connectivity index (χ1v) is 29.0.